The lowest BCUT2D eigenvalue weighted by molar-refractivity contribution is 0.0198. The molecule has 0 aliphatic heterocycles. The molecule has 4 bridgehead atoms. The summed E-state index contributed by atoms with van der Waals surface area (Å²) in [6.45, 7) is 0. The number of hydrogen-bond acceptors (Lipinski definition) is 2. The smallest absolute Gasteiger partial charge is 0.336 e. The summed E-state index contributed by atoms with van der Waals surface area (Å²) in [6.07, 6.45) is 9.62. The van der Waals surface area contributed by atoms with Crippen LogP contribution in [-0.2, 0) is 0 Å². The zero-order valence-corrected chi connectivity index (χ0v) is 12.6. The highest BCUT2D eigenvalue weighted by Gasteiger charge is 2.41. The minimum Gasteiger partial charge on any atom is -0.478 e. The summed E-state index contributed by atoms with van der Waals surface area (Å²) < 4.78 is 0. The Labute approximate surface area is 130 Å². The lowest BCUT2D eigenvalue weighted by atomic mass is 9.56. The van der Waals surface area contributed by atoms with E-state index in [4.69, 9.17) is 10.2 Å². The first-order valence-electron chi connectivity index (χ1n) is 8.08. The van der Waals surface area contributed by atoms with Gasteiger partial charge in [0.05, 0.1) is 11.1 Å². The molecule has 0 amide bonds. The predicted molar refractivity (Wildman–Crippen MR) is 82.0 cm³/mol. The number of carbonyl (C=O) groups is 2. The molecule has 4 fully saturated rings. The van der Waals surface area contributed by atoms with Crippen LogP contribution in [-0.4, -0.2) is 22.2 Å². The molecular weight excluding hydrogens is 280 g/mol. The Kier molecular flexibility index (Phi) is 4.19. The molecule has 0 radical (unpaired) electrons. The van der Waals surface area contributed by atoms with Crippen LogP contribution in [0.3, 0.4) is 0 Å². The largest absolute Gasteiger partial charge is 0.478 e. The molecule has 118 valence electrons. The Morgan fingerprint density at radius 1 is 0.682 bits per heavy atom. The van der Waals surface area contributed by atoms with E-state index in [1.54, 1.807) is 38.5 Å². The number of carboxylic acid groups (broad SMARTS) is 2. The highest BCUT2D eigenvalue weighted by Crippen LogP contribution is 2.53. The van der Waals surface area contributed by atoms with E-state index >= 15 is 0 Å². The molecule has 1 aromatic rings. The second kappa shape index (κ2) is 6.11. The summed E-state index contributed by atoms with van der Waals surface area (Å²) in [6, 6.07) is 5.48. The van der Waals surface area contributed by atoms with Crippen LogP contribution < -0.4 is 0 Å². The van der Waals surface area contributed by atoms with Crippen molar-refractivity contribution >= 4 is 11.9 Å². The Balaban J connectivity index is 0.000000132. The first-order valence-corrected chi connectivity index (χ1v) is 8.08. The van der Waals surface area contributed by atoms with Crippen molar-refractivity contribution in [2.75, 3.05) is 0 Å². The lowest BCUT2D eigenvalue weighted by Crippen LogP contribution is -2.38. The van der Waals surface area contributed by atoms with Gasteiger partial charge in [0.15, 0.2) is 0 Å². The molecule has 4 aliphatic rings. The summed E-state index contributed by atoms with van der Waals surface area (Å²) in [4.78, 5) is 20.9. The standard InChI is InChI=1S/C10H16.C8H6O4/c1-7-2-9-4-8(1)5-10(3-7)6-9;9-7(10)5-3-1-2-4-6(5)8(11)12/h7-10H,1-6H2;1-4H,(H,9,10)(H,11,12). The summed E-state index contributed by atoms with van der Waals surface area (Å²) in [5, 5.41) is 17.1. The first kappa shape index (κ1) is 15.1. The maximum Gasteiger partial charge on any atom is 0.336 e. The molecular formula is C18H22O4. The molecule has 0 atom stereocenters. The maximum atomic E-state index is 10.5. The molecule has 0 saturated heterocycles. The Morgan fingerprint density at radius 2 is 0.955 bits per heavy atom. The van der Waals surface area contributed by atoms with Gasteiger partial charge in [-0.25, -0.2) is 9.59 Å². The van der Waals surface area contributed by atoms with Crippen LogP contribution >= 0.6 is 0 Å². The van der Waals surface area contributed by atoms with Crippen LogP contribution in [0.25, 0.3) is 0 Å². The van der Waals surface area contributed by atoms with Gasteiger partial charge in [-0.05, 0) is 74.3 Å². The number of aromatic carboxylic acids is 2. The van der Waals surface area contributed by atoms with Crippen LogP contribution in [0.5, 0.6) is 0 Å². The molecule has 4 aliphatic carbocycles. The van der Waals surface area contributed by atoms with Gasteiger partial charge < -0.3 is 10.2 Å². The number of hydrogen-bond donors (Lipinski definition) is 2. The van der Waals surface area contributed by atoms with Crippen molar-refractivity contribution < 1.29 is 19.8 Å². The van der Waals surface area contributed by atoms with Crippen molar-refractivity contribution in [2.45, 2.75) is 38.5 Å². The molecule has 2 N–H and O–H groups in total. The predicted octanol–water partition coefficient (Wildman–Crippen LogP) is 3.92. The summed E-state index contributed by atoms with van der Waals surface area (Å²) in [5.41, 5.74) is -0.380. The molecule has 4 saturated carbocycles. The first-order chi connectivity index (χ1) is 10.5. The molecule has 4 heteroatoms. The fraction of sp³-hybridized carbons (Fsp3) is 0.556. The fourth-order valence-corrected chi connectivity index (χ4v) is 4.84. The average Bonchev–Trinajstić information content (AvgIpc) is 2.46. The zero-order chi connectivity index (χ0) is 15.7. The molecule has 0 heterocycles. The van der Waals surface area contributed by atoms with Gasteiger partial charge in [-0.1, -0.05) is 12.1 Å². The Hall–Kier alpha value is -1.84. The third-order valence-electron chi connectivity index (χ3n) is 5.39. The van der Waals surface area contributed by atoms with E-state index in [1.165, 1.54) is 47.9 Å². The molecule has 0 aromatic heterocycles. The van der Waals surface area contributed by atoms with Crippen LogP contribution in [0.4, 0.5) is 0 Å². The number of benzene rings is 1. The number of carboxylic acids is 2. The van der Waals surface area contributed by atoms with Gasteiger partial charge in [-0.3, -0.25) is 0 Å². The third kappa shape index (κ3) is 3.16. The van der Waals surface area contributed by atoms with Gasteiger partial charge in [0, 0.05) is 0 Å². The topological polar surface area (TPSA) is 74.6 Å². The quantitative estimate of drug-likeness (QED) is 0.868. The van der Waals surface area contributed by atoms with Crippen LogP contribution in [0, 0.1) is 23.7 Å². The molecule has 4 nitrogen and oxygen atoms in total. The highest BCUT2D eigenvalue weighted by atomic mass is 16.4. The van der Waals surface area contributed by atoms with Gasteiger partial charge in [-0.2, -0.15) is 0 Å². The van der Waals surface area contributed by atoms with Crippen molar-refractivity contribution in [1.82, 2.24) is 0 Å². The highest BCUT2D eigenvalue weighted by molar-refractivity contribution is 6.01. The Bertz CT molecular complexity index is 489. The third-order valence-corrected chi connectivity index (χ3v) is 5.39. The van der Waals surface area contributed by atoms with E-state index < -0.39 is 11.9 Å². The summed E-state index contributed by atoms with van der Waals surface area (Å²) in [7, 11) is 0. The van der Waals surface area contributed by atoms with Gasteiger partial charge in [0.25, 0.3) is 0 Å². The second-order valence-corrected chi connectivity index (χ2v) is 7.03. The fourth-order valence-electron chi connectivity index (χ4n) is 4.84. The van der Waals surface area contributed by atoms with Crippen molar-refractivity contribution in [3.63, 3.8) is 0 Å². The van der Waals surface area contributed by atoms with E-state index in [1.807, 2.05) is 0 Å². The molecule has 22 heavy (non-hydrogen) atoms. The SMILES string of the molecule is C1C2CC3CC1CC(C2)C3.O=C(O)c1ccccc1C(=O)O. The summed E-state index contributed by atoms with van der Waals surface area (Å²) in [5.74, 6) is 2.25. The number of rotatable bonds is 2. The van der Waals surface area contributed by atoms with Gasteiger partial charge in [0.1, 0.15) is 0 Å². The second-order valence-electron chi connectivity index (χ2n) is 7.03. The van der Waals surface area contributed by atoms with Crippen LogP contribution in [0.15, 0.2) is 24.3 Å². The van der Waals surface area contributed by atoms with Crippen LogP contribution in [0.1, 0.15) is 59.2 Å². The van der Waals surface area contributed by atoms with Gasteiger partial charge >= 0.3 is 11.9 Å². The van der Waals surface area contributed by atoms with Crippen molar-refractivity contribution in [3.8, 4) is 0 Å². The Morgan fingerprint density at radius 3 is 1.18 bits per heavy atom. The van der Waals surface area contributed by atoms with E-state index in [9.17, 15) is 9.59 Å². The van der Waals surface area contributed by atoms with Gasteiger partial charge in [-0.15, -0.1) is 0 Å². The molecule has 1 aromatic carbocycles. The molecule has 5 rings (SSSR count). The van der Waals surface area contributed by atoms with Crippen LogP contribution in [0.2, 0.25) is 0 Å². The van der Waals surface area contributed by atoms with E-state index in [0.29, 0.717) is 0 Å². The maximum absolute atomic E-state index is 10.5. The van der Waals surface area contributed by atoms with E-state index in [-0.39, 0.29) is 11.1 Å². The normalized spacial score (nSPS) is 31.3. The van der Waals surface area contributed by atoms with Crippen molar-refractivity contribution in [3.05, 3.63) is 35.4 Å². The zero-order valence-electron chi connectivity index (χ0n) is 12.6. The van der Waals surface area contributed by atoms with E-state index in [2.05, 4.69) is 0 Å². The molecule has 0 spiro atoms. The monoisotopic (exact) mass is 302 g/mol. The summed E-state index contributed by atoms with van der Waals surface area (Å²) >= 11 is 0. The van der Waals surface area contributed by atoms with Crippen molar-refractivity contribution in [2.24, 2.45) is 23.7 Å². The minimum atomic E-state index is -1.23. The minimum absolute atomic E-state index is 0.190. The molecule has 0 unspecified atom stereocenters. The van der Waals surface area contributed by atoms with Gasteiger partial charge in [0.2, 0.25) is 0 Å². The average molecular weight is 302 g/mol. The van der Waals surface area contributed by atoms with E-state index in [0.717, 1.165) is 0 Å². The van der Waals surface area contributed by atoms with Crippen molar-refractivity contribution in [1.29, 1.82) is 0 Å². The lowest BCUT2D eigenvalue weighted by Gasteiger charge is -2.49.